The molecule has 4 nitrogen and oxygen atoms in total. The third-order valence-electron chi connectivity index (χ3n) is 4.52. The summed E-state index contributed by atoms with van der Waals surface area (Å²) in [6, 6.07) is 16.1. The maximum absolute atomic E-state index is 9.35. The first-order valence-corrected chi connectivity index (χ1v) is 8.62. The summed E-state index contributed by atoms with van der Waals surface area (Å²) in [7, 11) is 0. The molecule has 25 heavy (non-hydrogen) atoms. The van der Waals surface area contributed by atoms with Crippen molar-refractivity contribution in [2.45, 2.75) is 25.8 Å². The number of nitrogens with one attached hydrogen (secondary N) is 1. The van der Waals surface area contributed by atoms with Crippen molar-refractivity contribution in [3.63, 3.8) is 0 Å². The Labute approximate surface area is 156 Å². The smallest absolute Gasteiger partial charge is 0.119 e. The number of aromatic hydroxyl groups is 1. The van der Waals surface area contributed by atoms with Gasteiger partial charge in [-0.25, -0.2) is 0 Å². The average Bonchev–Trinajstić information content (AvgIpc) is 2.61. The van der Waals surface area contributed by atoms with Crippen LogP contribution >= 0.6 is 12.4 Å². The first kappa shape index (κ1) is 19.4. The van der Waals surface area contributed by atoms with Crippen LogP contribution in [0.5, 0.6) is 11.5 Å². The molecule has 136 valence electrons. The molecule has 0 radical (unpaired) electrons. The van der Waals surface area contributed by atoms with Crippen LogP contribution in [0.3, 0.4) is 0 Å². The number of phenolic OH excluding ortho intramolecular Hbond substituents is 1. The van der Waals surface area contributed by atoms with E-state index >= 15 is 0 Å². The molecule has 2 N–H and O–H groups in total. The maximum Gasteiger partial charge on any atom is 0.119 e. The van der Waals surface area contributed by atoms with Crippen LogP contribution in [0.15, 0.2) is 48.5 Å². The minimum Gasteiger partial charge on any atom is -0.508 e. The number of hydrogen-bond acceptors (Lipinski definition) is 4. The van der Waals surface area contributed by atoms with Gasteiger partial charge in [0.05, 0.1) is 6.04 Å². The van der Waals surface area contributed by atoms with Crippen LogP contribution in [0.2, 0.25) is 0 Å². The summed E-state index contributed by atoms with van der Waals surface area (Å²) in [6.07, 6.45) is 0. The minimum atomic E-state index is 0. The van der Waals surface area contributed by atoms with Gasteiger partial charge >= 0.3 is 0 Å². The van der Waals surface area contributed by atoms with Crippen LogP contribution in [-0.4, -0.2) is 37.4 Å². The van der Waals surface area contributed by atoms with E-state index in [1.807, 2.05) is 0 Å². The summed E-state index contributed by atoms with van der Waals surface area (Å²) in [6.45, 7) is 7.92. The average molecular weight is 363 g/mol. The van der Waals surface area contributed by atoms with E-state index in [-0.39, 0.29) is 24.2 Å². The highest BCUT2D eigenvalue weighted by Crippen LogP contribution is 2.23. The fourth-order valence-corrected chi connectivity index (χ4v) is 3.04. The second kappa shape index (κ2) is 8.97. The van der Waals surface area contributed by atoms with Gasteiger partial charge in [0.25, 0.3) is 0 Å². The molecule has 5 heteroatoms. The molecule has 0 aliphatic carbocycles. The predicted octanol–water partition coefficient (Wildman–Crippen LogP) is 3.79. The minimum absolute atomic E-state index is 0. The maximum atomic E-state index is 9.35. The molecule has 1 saturated heterocycles. The number of benzene rings is 2. The van der Waals surface area contributed by atoms with Gasteiger partial charge in [-0.3, -0.25) is 0 Å². The standard InChI is InChI=1S/C20H26N2O2.ClH/c1-15(2)16-3-5-17(6-4-16)22-12-11-21-13-18(22)14-24-20-9-7-19(23)8-10-20;/h3-10,15,18,21,23H,11-14H2,1-2H3;1H. The number of hydrogen-bond donors (Lipinski definition) is 2. The van der Waals surface area contributed by atoms with Gasteiger partial charge < -0.3 is 20.1 Å². The highest BCUT2D eigenvalue weighted by atomic mass is 35.5. The highest BCUT2D eigenvalue weighted by molar-refractivity contribution is 5.85. The molecule has 0 spiro atoms. The normalized spacial score (nSPS) is 17.2. The van der Waals surface area contributed by atoms with E-state index in [0.717, 1.165) is 25.4 Å². The Morgan fingerprint density at radius 2 is 1.80 bits per heavy atom. The van der Waals surface area contributed by atoms with Gasteiger partial charge in [0, 0.05) is 25.3 Å². The second-order valence-electron chi connectivity index (χ2n) is 6.60. The van der Waals surface area contributed by atoms with E-state index in [9.17, 15) is 5.11 Å². The van der Waals surface area contributed by atoms with Gasteiger partial charge in [0.15, 0.2) is 0 Å². The van der Waals surface area contributed by atoms with Crippen molar-refractivity contribution < 1.29 is 9.84 Å². The number of nitrogens with zero attached hydrogens (tertiary/aromatic N) is 1. The molecular formula is C20H27ClN2O2. The molecule has 1 fully saturated rings. The van der Waals surface area contributed by atoms with E-state index < -0.39 is 0 Å². The summed E-state index contributed by atoms with van der Waals surface area (Å²) in [5, 5.41) is 12.8. The molecule has 1 aliphatic rings. The second-order valence-corrected chi connectivity index (χ2v) is 6.60. The monoisotopic (exact) mass is 362 g/mol. The first-order chi connectivity index (χ1) is 11.6. The summed E-state index contributed by atoms with van der Waals surface area (Å²) in [5.41, 5.74) is 2.62. The van der Waals surface area contributed by atoms with Crippen LogP contribution in [0.25, 0.3) is 0 Å². The van der Waals surface area contributed by atoms with E-state index in [0.29, 0.717) is 12.5 Å². The summed E-state index contributed by atoms with van der Waals surface area (Å²) >= 11 is 0. The third kappa shape index (κ3) is 5.03. The zero-order valence-electron chi connectivity index (χ0n) is 14.8. The molecule has 3 rings (SSSR count). The van der Waals surface area contributed by atoms with Crippen molar-refractivity contribution in [2.24, 2.45) is 0 Å². The summed E-state index contributed by atoms with van der Waals surface area (Å²) in [5.74, 6) is 1.60. The Morgan fingerprint density at radius 3 is 2.44 bits per heavy atom. The number of phenols is 1. The quantitative estimate of drug-likeness (QED) is 0.849. The fraction of sp³-hybridized carbons (Fsp3) is 0.400. The van der Waals surface area contributed by atoms with Gasteiger partial charge in [-0.1, -0.05) is 26.0 Å². The molecule has 2 aromatic carbocycles. The van der Waals surface area contributed by atoms with Crippen LogP contribution in [-0.2, 0) is 0 Å². The number of halogens is 1. The van der Waals surface area contributed by atoms with Gasteiger partial charge in [-0.2, -0.15) is 0 Å². The van der Waals surface area contributed by atoms with Gasteiger partial charge in [-0.05, 0) is 47.9 Å². The molecule has 1 atom stereocenters. The summed E-state index contributed by atoms with van der Waals surface area (Å²) < 4.78 is 5.92. The lowest BCUT2D eigenvalue weighted by molar-refractivity contribution is 0.266. The molecular weight excluding hydrogens is 336 g/mol. The fourth-order valence-electron chi connectivity index (χ4n) is 3.04. The van der Waals surface area contributed by atoms with Gasteiger partial charge in [0.2, 0.25) is 0 Å². The number of piperazine rings is 1. The van der Waals surface area contributed by atoms with E-state index in [1.165, 1.54) is 11.3 Å². The van der Waals surface area contributed by atoms with Crippen molar-refractivity contribution >= 4 is 18.1 Å². The Kier molecular flexibility index (Phi) is 6.97. The molecule has 1 unspecified atom stereocenters. The van der Waals surface area contributed by atoms with Crippen LogP contribution in [0, 0.1) is 0 Å². The number of ether oxygens (including phenoxy) is 1. The molecule has 2 aromatic rings. The lowest BCUT2D eigenvalue weighted by Crippen LogP contribution is -2.54. The largest absolute Gasteiger partial charge is 0.508 e. The SMILES string of the molecule is CC(C)c1ccc(N2CCNCC2COc2ccc(O)cc2)cc1.Cl. The van der Waals surface area contributed by atoms with Crippen molar-refractivity contribution in [1.82, 2.24) is 5.32 Å². The van der Waals surface area contributed by atoms with E-state index in [1.54, 1.807) is 24.3 Å². The van der Waals surface area contributed by atoms with E-state index in [4.69, 9.17) is 4.74 Å². The molecule has 0 bridgehead atoms. The zero-order valence-corrected chi connectivity index (χ0v) is 15.6. The molecule has 1 heterocycles. The van der Waals surface area contributed by atoms with Crippen molar-refractivity contribution in [2.75, 3.05) is 31.1 Å². The van der Waals surface area contributed by atoms with Crippen LogP contribution in [0.1, 0.15) is 25.3 Å². The zero-order chi connectivity index (χ0) is 16.9. The first-order valence-electron chi connectivity index (χ1n) is 8.62. The molecule has 0 aromatic heterocycles. The molecule has 1 aliphatic heterocycles. The van der Waals surface area contributed by atoms with Crippen molar-refractivity contribution in [3.8, 4) is 11.5 Å². The number of rotatable bonds is 5. The Balaban J connectivity index is 0.00000225. The molecule has 0 saturated carbocycles. The van der Waals surface area contributed by atoms with Gasteiger partial charge in [-0.15, -0.1) is 12.4 Å². The Hall–Kier alpha value is -1.91. The van der Waals surface area contributed by atoms with E-state index in [2.05, 4.69) is 48.3 Å². The van der Waals surface area contributed by atoms with Crippen molar-refractivity contribution in [3.05, 3.63) is 54.1 Å². The topological polar surface area (TPSA) is 44.7 Å². The lowest BCUT2D eigenvalue weighted by atomic mass is 10.0. The van der Waals surface area contributed by atoms with Gasteiger partial charge in [0.1, 0.15) is 18.1 Å². The van der Waals surface area contributed by atoms with Crippen molar-refractivity contribution in [1.29, 1.82) is 0 Å². The number of anilines is 1. The summed E-state index contributed by atoms with van der Waals surface area (Å²) in [4.78, 5) is 2.42. The predicted molar refractivity (Wildman–Crippen MR) is 105 cm³/mol. The van der Waals surface area contributed by atoms with Crippen LogP contribution < -0.4 is 15.0 Å². The lowest BCUT2D eigenvalue weighted by Gasteiger charge is -2.38. The Bertz CT molecular complexity index is 644. The third-order valence-corrected chi connectivity index (χ3v) is 4.52. The van der Waals surface area contributed by atoms with Crippen LogP contribution in [0.4, 0.5) is 5.69 Å². The highest BCUT2D eigenvalue weighted by Gasteiger charge is 2.23. The Morgan fingerprint density at radius 1 is 1.12 bits per heavy atom. The molecule has 0 amide bonds.